The van der Waals surface area contributed by atoms with E-state index in [2.05, 4.69) is 15.1 Å². The fourth-order valence-electron chi connectivity index (χ4n) is 3.97. The first-order valence-corrected chi connectivity index (χ1v) is 11.4. The molecule has 0 spiro atoms. The quantitative estimate of drug-likeness (QED) is 0.653. The van der Waals surface area contributed by atoms with Crippen LogP contribution in [0.15, 0.2) is 35.5 Å². The standard InChI is InChI=1S/C20H23N5O3S/c1-13-11-14(2)25-19(23-13)16(12-22-25)20(26)24-9-6-15(7-10-24)18-17(29(3,27)28)5-4-8-21-18/h4-5,8,11-12,15H,6-7,9-10H2,1-3H3. The smallest absolute Gasteiger partial charge is 0.259 e. The second kappa shape index (κ2) is 7.22. The summed E-state index contributed by atoms with van der Waals surface area (Å²) in [6.07, 6.45) is 5.72. The maximum absolute atomic E-state index is 13.1. The summed E-state index contributed by atoms with van der Waals surface area (Å²) in [7, 11) is -3.34. The van der Waals surface area contributed by atoms with Crippen molar-refractivity contribution < 1.29 is 13.2 Å². The molecule has 3 aromatic heterocycles. The van der Waals surface area contributed by atoms with E-state index in [0.29, 0.717) is 42.8 Å². The van der Waals surface area contributed by atoms with E-state index < -0.39 is 9.84 Å². The second-order valence-electron chi connectivity index (χ2n) is 7.56. The molecule has 0 aromatic carbocycles. The summed E-state index contributed by atoms with van der Waals surface area (Å²) < 4.78 is 25.8. The van der Waals surface area contributed by atoms with Gasteiger partial charge in [0, 0.05) is 42.8 Å². The van der Waals surface area contributed by atoms with E-state index in [9.17, 15) is 13.2 Å². The van der Waals surface area contributed by atoms with Gasteiger partial charge < -0.3 is 4.90 Å². The highest BCUT2D eigenvalue weighted by Gasteiger charge is 2.30. The van der Waals surface area contributed by atoms with E-state index >= 15 is 0 Å². The van der Waals surface area contributed by atoms with Crippen LogP contribution >= 0.6 is 0 Å². The van der Waals surface area contributed by atoms with Gasteiger partial charge in [-0.1, -0.05) is 0 Å². The van der Waals surface area contributed by atoms with Crippen LogP contribution in [0, 0.1) is 13.8 Å². The number of piperidine rings is 1. The Balaban J connectivity index is 1.55. The summed E-state index contributed by atoms with van der Waals surface area (Å²) in [6.45, 7) is 4.89. The lowest BCUT2D eigenvalue weighted by molar-refractivity contribution is 0.0713. The molecule has 29 heavy (non-hydrogen) atoms. The van der Waals surface area contributed by atoms with Crippen molar-refractivity contribution in [3.63, 3.8) is 0 Å². The van der Waals surface area contributed by atoms with Crippen LogP contribution in [-0.4, -0.2) is 58.2 Å². The molecule has 1 fully saturated rings. The number of fused-ring (bicyclic) bond motifs is 1. The Morgan fingerprint density at radius 3 is 2.62 bits per heavy atom. The number of hydrogen-bond donors (Lipinski definition) is 0. The van der Waals surface area contributed by atoms with Gasteiger partial charge in [0.25, 0.3) is 5.91 Å². The zero-order valence-electron chi connectivity index (χ0n) is 16.7. The molecule has 0 aliphatic carbocycles. The van der Waals surface area contributed by atoms with Crippen molar-refractivity contribution in [2.24, 2.45) is 0 Å². The fourth-order valence-corrected chi connectivity index (χ4v) is 4.90. The van der Waals surface area contributed by atoms with Crippen LogP contribution in [0.2, 0.25) is 0 Å². The van der Waals surface area contributed by atoms with Gasteiger partial charge in [-0.2, -0.15) is 5.10 Å². The van der Waals surface area contributed by atoms with Crippen LogP contribution in [0.4, 0.5) is 0 Å². The minimum Gasteiger partial charge on any atom is -0.338 e. The maximum atomic E-state index is 13.1. The highest BCUT2D eigenvalue weighted by Crippen LogP contribution is 2.31. The number of likely N-dealkylation sites (tertiary alicyclic amines) is 1. The Morgan fingerprint density at radius 1 is 1.21 bits per heavy atom. The molecule has 0 saturated carbocycles. The van der Waals surface area contributed by atoms with Crippen molar-refractivity contribution in [2.45, 2.75) is 37.5 Å². The number of carbonyl (C=O) groups excluding carboxylic acids is 1. The molecule has 0 N–H and O–H groups in total. The number of aryl methyl sites for hydroxylation is 2. The predicted molar refractivity (Wildman–Crippen MR) is 108 cm³/mol. The zero-order valence-corrected chi connectivity index (χ0v) is 17.5. The first-order chi connectivity index (χ1) is 13.8. The third-order valence-corrected chi connectivity index (χ3v) is 6.52. The van der Waals surface area contributed by atoms with Gasteiger partial charge >= 0.3 is 0 Å². The minimum atomic E-state index is -3.34. The number of rotatable bonds is 3. The van der Waals surface area contributed by atoms with Gasteiger partial charge in [0.05, 0.1) is 16.8 Å². The number of carbonyl (C=O) groups is 1. The lowest BCUT2D eigenvalue weighted by atomic mass is 9.92. The van der Waals surface area contributed by atoms with Gasteiger partial charge in [-0.15, -0.1) is 0 Å². The van der Waals surface area contributed by atoms with E-state index in [1.807, 2.05) is 19.9 Å². The normalized spacial score (nSPS) is 15.8. The molecule has 152 valence electrons. The van der Waals surface area contributed by atoms with E-state index in [1.165, 1.54) is 6.26 Å². The van der Waals surface area contributed by atoms with Crippen molar-refractivity contribution in [3.8, 4) is 0 Å². The summed E-state index contributed by atoms with van der Waals surface area (Å²) in [5.74, 6) is -0.0863. The average molecular weight is 414 g/mol. The van der Waals surface area contributed by atoms with Crippen molar-refractivity contribution in [3.05, 3.63) is 53.2 Å². The number of hydrogen-bond acceptors (Lipinski definition) is 6. The van der Waals surface area contributed by atoms with E-state index in [1.54, 1.807) is 33.9 Å². The molecule has 1 aliphatic rings. The molecular weight excluding hydrogens is 390 g/mol. The van der Waals surface area contributed by atoms with Gasteiger partial charge in [0.2, 0.25) is 0 Å². The van der Waals surface area contributed by atoms with E-state index in [0.717, 1.165) is 11.4 Å². The Morgan fingerprint density at radius 2 is 1.93 bits per heavy atom. The Hall–Kier alpha value is -2.81. The summed E-state index contributed by atoms with van der Waals surface area (Å²) in [5.41, 5.74) is 3.43. The van der Waals surface area contributed by atoms with Crippen molar-refractivity contribution >= 4 is 21.4 Å². The Bertz CT molecular complexity index is 1190. The predicted octanol–water partition coefficient (Wildman–Crippen LogP) is 2.16. The molecule has 0 radical (unpaired) electrons. The highest BCUT2D eigenvalue weighted by atomic mass is 32.2. The molecule has 9 heteroatoms. The number of nitrogens with zero attached hydrogens (tertiary/aromatic N) is 5. The fraction of sp³-hybridized carbons (Fsp3) is 0.400. The molecule has 0 atom stereocenters. The van der Waals surface area contributed by atoms with Gasteiger partial charge in [-0.3, -0.25) is 9.78 Å². The summed E-state index contributed by atoms with van der Waals surface area (Å²) in [6, 6.07) is 5.16. The molecule has 1 aliphatic heterocycles. The van der Waals surface area contributed by atoms with Gasteiger partial charge in [-0.25, -0.2) is 17.9 Å². The molecule has 4 heterocycles. The molecule has 8 nitrogen and oxygen atoms in total. The molecule has 0 unspecified atom stereocenters. The van der Waals surface area contributed by atoms with E-state index in [-0.39, 0.29) is 16.7 Å². The second-order valence-corrected chi connectivity index (χ2v) is 9.54. The van der Waals surface area contributed by atoms with Gasteiger partial charge in [0.15, 0.2) is 15.5 Å². The average Bonchev–Trinajstić information content (AvgIpc) is 3.11. The molecule has 3 aromatic rings. The molecule has 4 rings (SSSR count). The SMILES string of the molecule is Cc1cc(C)n2ncc(C(=O)N3CCC(c4ncccc4S(C)(=O)=O)CC3)c2n1. The number of aromatic nitrogens is 4. The molecule has 1 saturated heterocycles. The summed E-state index contributed by atoms with van der Waals surface area (Å²) >= 11 is 0. The molecular formula is C20H23N5O3S. The van der Waals surface area contributed by atoms with E-state index in [4.69, 9.17) is 0 Å². The van der Waals surface area contributed by atoms with Crippen LogP contribution in [0.5, 0.6) is 0 Å². The van der Waals surface area contributed by atoms with Gasteiger partial charge in [-0.05, 0) is 44.9 Å². The molecule has 0 bridgehead atoms. The number of amides is 1. The monoisotopic (exact) mass is 413 g/mol. The topological polar surface area (TPSA) is 97.5 Å². The third-order valence-electron chi connectivity index (χ3n) is 5.38. The lowest BCUT2D eigenvalue weighted by Gasteiger charge is -2.32. The van der Waals surface area contributed by atoms with Crippen molar-refractivity contribution in [2.75, 3.05) is 19.3 Å². The first kappa shape index (κ1) is 19.5. The van der Waals surface area contributed by atoms with Crippen LogP contribution in [-0.2, 0) is 9.84 Å². The number of sulfone groups is 1. The third kappa shape index (κ3) is 3.62. The molecule has 1 amide bonds. The van der Waals surface area contributed by atoms with Crippen LogP contribution < -0.4 is 0 Å². The first-order valence-electron chi connectivity index (χ1n) is 9.52. The van der Waals surface area contributed by atoms with Crippen LogP contribution in [0.1, 0.15) is 46.2 Å². The van der Waals surface area contributed by atoms with Crippen LogP contribution in [0.25, 0.3) is 5.65 Å². The number of pyridine rings is 1. The largest absolute Gasteiger partial charge is 0.338 e. The summed E-state index contributed by atoms with van der Waals surface area (Å²) in [4.78, 5) is 24.0. The van der Waals surface area contributed by atoms with Crippen molar-refractivity contribution in [1.82, 2.24) is 24.5 Å². The lowest BCUT2D eigenvalue weighted by Crippen LogP contribution is -2.38. The van der Waals surface area contributed by atoms with Crippen molar-refractivity contribution in [1.29, 1.82) is 0 Å². The maximum Gasteiger partial charge on any atom is 0.259 e. The van der Waals surface area contributed by atoms with Gasteiger partial charge in [0.1, 0.15) is 5.56 Å². The zero-order chi connectivity index (χ0) is 20.8. The summed E-state index contributed by atoms with van der Waals surface area (Å²) in [5, 5.41) is 4.31. The van der Waals surface area contributed by atoms with Crippen LogP contribution in [0.3, 0.4) is 0 Å². The Kier molecular flexibility index (Phi) is 4.85. The highest BCUT2D eigenvalue weighted by molar-refractivity contribution is 7.90. The minimum absolute atomic E-state index is 0.0106. The Labute approximate surface area is 169 Å².